The van der Waals surface area contributed by atoms with Crippen molar-refractivity contribution in [3.8, 4) is 0 Å². The minimum absolute atomic E-state index is 0.227. The number of aliphatic hydroxyl groups excluding tert-OH is 2. The highest BCUT2D eigenvalue weighted by molar-refractivity contribution is 5.59. The Balaban J connectivity index is 1.42. The molecule has 0 spiro atoms. The number of aromatic nitrogens is 3. The van der Waals surface area contributed by atoms with Crippen LogP contribution in [0.5, 0.6) is 0 Å². The lowest BCUT2D eigenvalue weighted by atomic mass is 9.77. The first-order valence-electron chi connectivity index (χ1n) is 12.6. The van der Waals surface area contributed by atoms with Crippen LogP contribution in [0.15, 0.2) is 48.8 Å². The van der Waals surface area contributed by atoms with E-state index in [0.717, 1.165) is 36.4 Å². The molecule has 0 bridgehead atoms. The topological polar surface area (TPSA) is 94.1 Å². The highest BCUT2D eigenvalue weighted by Crippen LogP contribution is 2.36. The highest BCUT2D eigenvalue weighted by atomic mass is 16.3. The number of aliphatic hydroxyl groups is 3. The third-order valence-corrected chi connectivity index (χ3v) is 7.33. The number of hydrogen-bond donors (Lipinski definition) is 3. The lowest BCUT2D eigenvalue weighted by molar-refractivity contribution is -0.0317. The van der Waals surface area contributed by atoms with Crippen LogP contribution < -0.4 is 0 Å². The molecule has 1 atom stereocenters. The van der Waals surface area contributed by atoms with Crippen LogP contribution in [0, 0.1) is 0 Å². The molecule has 0 radical (unpaired) electrons. The SMILES string of the molecule is CCc1nn2cccnc2c1C(C)(C)c1ccc(C=CCC2(O)CCN(CC(O)CO)CC2)cc1. The molecule has 35 heavy (non-hydrogen) atoms. The summed E-state index contributed by atoms with van der Waals surface area (Å²) in [6.45, 7) is 8.26. The molecular weight excluding hydrogens is 440 g/mol. The van der Waals surface area contributed by atoms with Gasteiger partial charge in [-0.2, -0.15) is 5.10 Å². The molecule has 1 aliphatic rings. The summed E-state index contributed by atoms with van der Waals surface area (Å²) in [6.07, 6.45) is 9.97. The fraction of sp³-hybridized carbons (Fsp3) is 0.500. The minimum atomic E-state index is -0.716. The normalized spacial score (nSPS) is 17.9. The van der Waals surface area contributed by atoms with Crippen molar-refractivity contribution < 1.29 is 15.3 Å². The van der Waals surface area contributed by atoms with E-state index in [0.29, 0.717) is 25.8 Å². The molecule has 3 heterocycles. The maximum atomic E-state index is 10.9. The van der Waals surface area contributed by atoms with Gasteiger partial charge in [-0.3, -0.25) is 0 Å². The number of aryl methyl sites for hydroxylation is 1. The lowest BCUT2D eigenvalue weighted by Crippen LogP contribution is -2.46. The summed E-state index contributed by atoms with van der Waals surface area (Å²) in [7, 11) is 0. The van der Waals surface area contributed by atoms with E-state index in [-0.39, 0.29) is 12.0 Å². The van der Waals surface area contributed by atoms with E-state index in [1.165, 1.54) is 11.1 Å². The molecule has 0 amide bonds. The number of rotatable bonds is 9. The maximum Gasteiger partial charge on any atom is 0.159 e. The Morgan fingerprint density at radius 1 is 1.17 bits per heavy atom. The van der Waals surface area contributed by atoms with Crippen LogP contribution in [-0.4, -0.2) is 72.8 Å². The van der Waals surface area contributed by atoms with Crippen molar-refractivity contribution in [2.45, 2.75) is 63.6 Å². The standard InChI is InChI=1S/C28H38N4O3/c1-4-24-25(26-29-15-6-16-32(26)30-24)27(2,3)22-10-8-21(9-11-22)7-5-12-28(35)13-17-31(18-14-28)19-23(34)20-33/h5-11,15-16,23,33-35H,4,12-14,17-20H2,1-3H3. The van der Waals surface area contributed by atoms with E-state index < -0.39 is 11.7 Å². The van der Waals surface area contributed by atoms with Crippen molar-refractivity contribution in [2.75, 3.05) is 26.2 Å². The molecule has 3 N–H and O–H groups in total. The monoisotopic (exact) mass is 478 g/mol. The Bertz CT molecular complexity index is 1140. The van der Waals surface area contributed by atoms with E-state index in [1.807, 2.05) is 23.0 Å². The second-order valence-corrected chi connectivity index (χ2v) is 10.3. The summed E-state index contributed by atoms with van der Waals surface area (Å²) >= 11 is 0. The van der Waals surface area contributed by atoms with E-state index in [4.69, 9.17) is 10.2 Å². The number of β-amino-alcohol motifs (C(OH)–C–C–N with tert-alkyl or cyclic N) is 1. The Morgan fingerprint density at radius 2 is 1.89 bits per heavy atom. The number of benzene rings is 1. The average Bonchev–Trinajstić information content (AvgIpc) is 3.25. The van der Waals surface area contributed by atoms with Crippen LogP contribution in [0.25, 0.3) is 11.7 Å². The molecule has 0 aliphatic carbocycles. The van der Waals surface area contributed by atoms with Gasteiger partial charge in [-0.1, -0.05) is 57.2 Å². The Labute approximate surface area is 207 Å². The van der Waals surface area contributed by atoms with Gasteiger partial charge in [0.2, 0.25) is 0 Å². The van der Waals surface area contributed by atoms with Crippen molar-refractivity contribution in [3.63, 3.8) is 0 Å². The third-order valence-electron chi connectivity index (χ3n) is 7.33. The molecule has 1 aliphatic heterocycles. The first-order valence-corrected chi connectivity index (χ1v) is 12.6. The van der Waals surface area contributed by atoms with Crippen LogP contribution in [0.1, 0.15) is 62.4 Å². The predicted octanol–water partition coefficient (Wildman–Crippen LogP) is 3.20. The fourth-order valence-electron chi connectivity index (χ4n) is 5.10. The first-order chi connectivity index (χ1) is 16.8. The molecule has 1 fully saturated rings. The molecule has 188 valence electrons. The van der Waals surface area contributed by atoms with Gasteiger partial charge >= 0.3 is 0 Å². The van der Waals surface area contributed by atoms with Gasteiger partial charge in [-0.15, -0.1) is 0 Å². The first kappa shape index (κ1) is 25.5. The number of likely N-dealkylation sites (tertiary alicyclic amines) is 1. The van der Waals surface area contributed by atoms with E-state index in [9.17, 15) is 10.2 Å². The molecule has 2 aromatic heterocycles. The predicted molar refractivity (Wildman–Crippen MR) is 138 cm³/mol. The molecular formula is C28H38N4O3. The number of nitrogens with zero attached hydrogens (tertiary/aromatic N) is 4. The van der Waals surface area contributed by atoms with Gasteiger partial charge < -0.3 is 20.2 Å². The summed E-state index contributed by atoms with van der Waals surface area (Å²) in [5.41, 5.74) is 4.50. The van der Waals surface area contributed by atoms with Crippen molar-refractivity contribution in [3.05, 3.63) is 71.2 Å². The van der Waals surface area contributed by atoms with Crippen LogP contribution in [0.4, 0.5) is 0 Å². The van der Waals surface area contributed by atoms with Crippen molar-refractivity contribution in [1.82, 2.24) is 19.5 Å². The van der Waals surface area contributed by atoms with E-state index in [1.54, 1.807) is 0 Å². The zero-order chi connectivity index (χ0) is 25.1. The maximum absolute atomic E-state index is 10.9. The molecule has 1 unspecified atom stereocenters. The number of hydrogen-bond acceptors (Lipinski definition) is 6. The van der Waals surface area contributed by atoms with E-state index in [2.05, 4.69) is 67.1 Å². The van der Waals surface area contributed by atoms with Gasteiger partial charge in [-0.25, -0.2) is 9.50 Å². The second-order valence-electron chi connectivity index (χ2n) is 10.3. The summed E-state index contributed by atoms with van der Waals surface area (Å²) in [4.78, 5) is 6.71. The second kappa shape index (κ2) is 10.6. The number of fused-ring (bicyclic) bond motifs is 1. The minimum Gasteiger partial charge on any atom is -0.394 e. The summed E-state index contributed by atoms with van der Waals surface area (Å²) < 4.78 is 1.87. The molecule has 7 nitrogen and oxygen atoms in total. The van der Waals surface area contributed by atoms with Crippen LogP contribution >= 0.6 is 0 Å². The lowest BCUT2D eigenvalue weighted by Gasteiger charge is -2.38. The van der Waals surface area contributed by atoms with Gasteiger partial charge in [0, 0.05) is 43.0 Å². The Morgan fingerprint density at radius 3 is 2.54 bits per heavy atom. The van der Waals surface area contributed by atoms with Gasteiger partial charge in [-0.05, 0) is 42.9 Å². The molecule has 1 aromatic carbocycles. The van der Waals surface area contributed by atoms with Gasteiger partial charge in [0.25, 0.3) is 0 Å². The molecule has 3 aromatic rings. The Kier molecular flexibility index (Phi) is 7.71. The average molecular weight is 479 g/mol. The third kappa shape index (κ3) is 5.64. The summed E-state index contributed by atoms with van der Waals surface area (Å²) in [6, 6.07) is 10.5. The molecule has 4 rings (SSSR count). The quantitative estimate of drug-likeness (QED) is 0.437. The van der Waals surface area contributed by atoms with Crippen molar-refractivity contribution >= 4 is 11.7 Å². The smallest absolute Gasteiger partial charge is 0.159 e. The fourth-order valence-corrected chi connectivity index (χ4v) is 5.10. The van der Waals surface area contributed by atoms with Crippen LogP contribution in [0.2, 0.25) is 0 Å². The van der Waals surface area contributed by atoms with Gasteiger partial charge in [0.1, 0.15) is 0 Å². The van der Waals surface area contributed by atoms with Crippen LogP contribution in [-0.2, 0) is 11.8 Å². The van der Waals surface area contributed by atoms with E-state index >= 15 is 0 Å². The molecule has 0 saturated carbocycles. The van der Waals surface area contributed by atoms with Gasteiger partial charge in [0.15, 0.2) is 5.65 Å². The van der Waals surface area contributed by atoms with Crippen molar-refractivity contribution in [2.24, 2.45) is 0 Å². The summed E-state index contributed by atoms with van der Waals surface area (Å²) in [5, 5.41) is 34.4. The summed E-state index contributed by atoms with van der Waals surface area (Å²) in [5.74, 6) is 0. The largest absolute Gasteiger partial charge is 0.394 e. The van der Waals surface area contributed by atoms with Crippen LogP contribution in [0.3, 0.4) is 0 Å². The molecule has 1 saturated heterocycles. The highest BCUT2D eigenvalue weighted by Gasteiger charge is 2.32. The Hall–Kier alpha value is -2.58. The van der Waals surface area contributed by atoms with Crippen molar-refractivity contribution in [1.29, 1.82) is 0 Å². The molecule has 7 heteroatoms. The number of piperidine rings is 1. The van der Waals surface area contributed by atoms with Gasteiger partial charge in [0.05, 0.1) is 24.0 Å². The zero-order valence-corrected chi connectivity index (χ0v) is 21.1. The zero-order valence-electron chi connectivity index (χ0n) is 21.1.